The van der Waals surface area contributed by atoms with Gasteiger partial charge in [-0.3, -0.25) is 4.98 Å². The normalized spacial score (nSPS) is 13.6. The SMILES string of the molecule is Cc1nc(Cc2ccccc2)c2c(c1OCCCCNC(C)(C)C)COC2. The molecule has 0 unspecified atom stereocenters. The molecule has 0 aliphatic carbocycles. The van der Waals surface area contributed by atoms with Crippen LogP contribution in [0.15, 0.2) is 30.3 Å². The van der Waals surface area contributed by atoms with Gasteiger partial charge in [0, 0.05) is 23.1 Å². The van der Waals surface area contributed by atoms with E-state index in [1.807, 2.05) is 13.0 Å². The summed E-state index contributed by atoms with van der Waals surface area (Å²) in [7, 11) is 0. The van der Waals surface area contributed by atoms with E-state index < -0.39 is 0 Å². The summed E-state index contributed by atoms with van der Waals surface area (Å²) in [5.41, 5.74) is 5.95. The van der Waals surface area contributed by atoms with Gasteiger partial charge in [0.05, 0.1) is 31.2 Å². The zero-order valence-corrected chi connectivity index (χ0v) is 17.1. The van der Waals surface area contributed by atoms with Crippen LogP contribution < -0.4 is 10.1 Å². The van der Waals surface area contributed by atoms with Crippen LogP contribution in [0.3, 0.4) is 0 Å². The maximum atomic E-state index is 6.15. The number of nitrogens with one attached hydrogen (secondary N) is 1. The summed E-state index contributed by atoms with van der Waals surface area (Å²) in [6, 6.07) is 10.5. The number of pyridine rings is 1. The molecule has 3 rings (SSSR count). The van der Waals surface area contributed by atoms with Crippen molar-refractivity contribution in [2.24, 2.45) is 0 Å². The van der Waals surface area contributed by atoms with Crippen LogP contribution in [0.4, 0.5) is 0 Å². The van der Waals surface area contributed by atoms with Gasteiger partial charge in [-0.1, -0.05) is 30.3 Å². The molecule has 0 amide bonds. The van der Waals surface area contributed by atoms with E-state index >= 15 is 0 Å². The maximum Gasteiger partial charge on any atom is 0.146 e. The van der Waals surface area contributed by atoms with Crippen LogP contribution in [0.5, 0.6) is 5.75 Å². The quantitative estimate of drug-likeness (QED) is 0.694. The second-order valence-electron chi connectivity index (χ2n) is 8.32. The van der Waals surface area contributed by atoms with Gasteiger partial charge < -0.3 is 14.8 Å². The van der Waals surface area contributed by atoms with E-state index in [1.54, 1.807) is 0 Å². The van der Waals surface area contributed by atoms with E-state index in [4.69, 9.17) is 14.5 Å². The Labute approximate surface area is 163 Å². The third kappa shape index (κ3) is 5.53. The number of unbranched alkanes of at least 4 members (excludes halogenated alkanes) is 1. The first-order chi connectivity index (χ1) is 12.9. The van der Waals surface area contributed by atoms with Crippen molar-refractivity contribution in [1.29, 1.82) is 0 Å². The Balaban J connectivity index is 1.62. The minimum Gasteiger partial charge on any atom is -0.491 e. The molecule has 1 aromatic heterocycles. The van der Waals surface area contributed by atoms with E-state index in [9.17, 15) is 0 Å². The van der Waals surface area contributed by atoms with Crippen LogP contribution in [0.2, 0.25) is 0 Å². The molecule has 0 spiro atoms. The first kappa shape index (κ1) is 19.8. The summed E-state index contributed by atoms with van der Waals surface area (Å²) >= 11 is 0. The van der Waals surface area contributed by atoms with Gasteiger partial charge in [-0.25, -0.2) is 0 Å². The van der Waals surface area contributed by atoms with Gasteiger partial charge in [0.1, 0.15) is 5.75 Å². The van der Waals surface area contributed by atoms with Crippen molar-refractivity contribution in [3.8, 4) is 5.75 Å². The molecule has 0 saturated heterocycles. The van der Waals surface area contributed by atoms with E-state index in [0.29, 0.717) is 13.2 Å². The second-order valence-corrected chi connectivity index (χ2v) is 8.32. The second kappa shape index (κ2) is 8.85. The number of nitrogens with zero attached hydrogens (tertiary/aromatic N) is 1. The zero-order valence-electron chi connectivity index (χ0n) is 17.1. The third-order valence-corrected chi connectivity index (χ3v) is 4.80. The van der Waals surface area contributed by atoms with E-state index in [2.05, 4.69) is 50.4 Å². The highest BCUT2D eigenvalue weighted by molar-refractivity contribution is 5.47. The number of ether oxygens (including phenoxy) is 2. The molecule has 0 radical (unpaired) electrons. The number of aryl methyl sites for hydroxylation is 1. The predicted octanol–water partition coefficient (Wildman–Crippen LogP) is 4.56. The number of aromatic nitrogens is 1. The van der Waals surface area contributed by atoms with E-state index in [1.165, 1.54) is 16.7 Å². The number of benzene rings is 1. The summed E-state index contributed by atoms with van der Waals surface area (Å²) < 4.78 is 11.9. The van der Waals surface area contributed by atoms with Gasteiger partial charge >= 0.3 is 0 Å². The van der Waals surface area contributed by atoms with Crippen LogP contribution in [-0.4, -0.2) is 23.7 Å². The Morgan fingerprint density at radius 2 is 1.81 bits per heavy atom. The maximum absolute atomic E-state index is 6.15. The molecule has 1 aliphatic rings. The Hall–Kier alpha value is -1.91. The standard InChI is InChI=1S/C23H32N2O2/c1-17-22(27-13-9-8-12-24-23(2,3)4)20-16-26-15-19(20)21(25-17)14-18-10-6-5-7-11-18/h5-7,10-11,24H,8-9,12-16H2,1-4H3. The number of fused-ring (bicyclic) bond motifs is 1. The van der Waals surface area contributed by atoms with Gasteiger partial charge in [0.15, 0.2) is 0 Å². The molecule has 146 valence electrons. The van der Waals surface area contributed by atoms with Gasteiger partial charge in [-0.05, 0) is 52.6 Å². The van der Waals surface area contributed by atoms with Crippen molar-refractivity contribution in [1.82, 2.24) is 10.3 Å². The lowest BCUT2D eigenvalue weighted by Crippen LogP contribution is -2.36. The van der Waals surface area contributed by atoms with Crippen molar-refractivity contribution in [3.05, 3.63) is 58.4 Å². The lowest BCUT2D eigenvalue weighted by Gasteiger charge is -2.20. The van der Waals surface area contributed by atoms with Crippen molar-refractivity contribution >= 4 is 0 Å². The van der Waals surface area contributed by atoms with Crippen molar-refractivity contribution in [2.75, 3.05) is 13.2 Å². The van der Waals surface area contributed by atoms with Crippen LogP contribution >= 0.6 is 0 Å². The molecule has 2 heterocycles. The van der Waals surface area contributed by atoms with Crippen LogP contribution in [0, 0.1) is 6.92 Å². The fourth-order valence-electron chi connectivity index (χ4n) is 3.42. The Kier molecular flexibility index (Phi) is 6.51. The topological polar surface area (TPSA) is 43.4 Å². The van der Waals surface area contributed by atoms with Crippen LogP contribution in [-0.2, 0) is 24.4 Å². The van der Waals surface area contributed by atoms with Gasteiger partial charge in [0.2, 0.25) is 0 Å². The van der Waals surface area contributed by atoms with E-state index in [-0.39, 0.29) is 5.54 Å². The average Bonchev–Trinajstić information content (AvgIpc) is 3.10. The van der Waals surface area contributed by atoms with Crippen molar-refractivity contribution in [2.45, 2.75) is 65.7 Å². The Morgan fingerprint density at radius 3 is 2.56 bits per heavy atom. The highest BCUT2D eigenvalue weighted by atomic mass is 16.5. The summed E-state index contributed by atoms with van der Waals surface area (Å²) in [4.78, 5) is 4.87. The average molecular weight is 369 g/mol. The molecule has 1 N–H and O–H groups in total. The minimum absolute atomic E-state index is 0.175. The smallest absolute Gasteiger partial charge is 0.146 e. The molecular formula is C23H32N2O2. The molecule has 2 aromatic rings. The molecule has 0 fully saturated rings. The zero-order chi connectivity index (χ0) is 19.3. The summed E-state index contributed by atoms with van der Waals surface area (Å²) in [5.74, 6) is 0.933. The van der Waals surface area contributed by atoms with Crippen molar-refractivity contribution < 1.29 is 9.47 Å². The molecule has 1 aliphatic heterocycles. The lowest BCUT2D eigenvalue weighted by molar-refractivity contribution is 0.132. The molecule has 4 heteroatoms. The molecule has 0 bridgehead atoms. The molecule has 27 heavy (non-hydrogen) atoms. The molecule has 4 nitrogen and oxygen atoms in total. The largest absolute Gasteiger partial charge is 0.491 e. The van der Waals surface area contributed by atoms with Crippen LogP contribution in [0.25, 0.3) is 0 Å². The summed E-state index contributed by atoms with van der Waals surface area (Å²) in [6.45, 7) is 11.6. The lowest BCUT2D eigenvalue weighted by atomic mass is 10.0. The van der Waals surface area contributed by atoms with Gasteiger partial charge in [-0.2, -0.15) is 0 Å². The van der Waals surface area contributed by atoms with Crippen LogP contribution in [0.1, 0.15) is 61.7 Å². The Bertz CT molecular complexity index is 751. The predicted molar refractivity (Wildman–Crippen MR) is 109 cm³/mol. The van der Waals surface area contributed by atoms with Gasteiger partial charge in [-0.15, -0.1) is 0 Å². The highest BCUT2D eigenvalue weighted by Crippen LogP contribution is 2.34. The van der Waals surface area contributed by atoms with E-state index in [0.717, 1.165) is 49.6 Å². The third-order valence-electron chi connectivity index (χ3n) is 4.80. The molecule has 0 atom stereocenters. The summed E-state index contributed by atoms with van der Waals surface area (Å²) in [5, 5.41) is 3.52. The summed E-state index contributed by atoms with van der Waals surface area (Å²) in [6.07, 6.45) is 2.98. The van der Waals surface area contributed by atoms with Crippen molar-refractivity contribution in [3.63, 3.8) is 0 Å². The fourth-order valence-corrected chi connectivity index (χ4v) is 3.42. The number of hydrogen-bond acceptors (Lipinski definition) is 4. The highest BCUT2D eigenvalue weighted by Gasteiger charge is 2.23. The monoisotopic (exact) mass is 368 g/mol. The number of hydrogen-bond donors (Lipinski definition) is 1. The molecular weight excluding hydrogens is 336 g/mol. The first-order valence-corrected chi connectivity index (χ1v) is 9.95. The fraction of sp³-hybridized carbons (Fsp3) is 0.522. The molecule has 1 aromatic carbocycles. The molecule has 0 saturated carbocycles. The Morgan fingerprint density at radius 1 is 1.07 bits per heavy atom. The number of rotatable bonds is 8. The van der Waals surface area contributed by atoms with Gasteiger partial charge in [0.25, 0.3) is 0 Å². The first-order valence-electron chi connectivity index (χ1n) is 9.95. The minimum atomic E-state index is 0.175.